The first-order chi connectivity index (χ1) is 10.2. The summed E-state index contributed by atoms with van der Waals surface area (Å²) in [5.41, 5.74) is 1.25. The van der Waals surface area contributed by atoms with Crippen LogP contribution >= 0.6 is 0 Å². The molecule has 1 aliphatic rings. The Morgan fingerprint density at radius 3 is 3.05 bits per heavy atom. The topological polar surface area (TPSA) is 56.1 Å². The number of benzene rings is 1. The fraction of sp³-hybridized carbons (Fsp3) is 0.529. The lowest BCUT2D eigenvalue weighted by Gasteiger charge is -2.38. The van der Waals surface area contributed by atoms with Gasteiger partial charge < -0.3 is 5.32 Å². The summed E-state index contributed by atoms with van der Waals surface area (Å²) in [6.07, 6.45) is 4.69. The van der Waals surface area contributed by atoms with E-state index >= 15 is 0 Å². The lowest BCUT2D eigenvalue weighted by Crippen LogP contribution is -2.49. The SMILES string of the molecule is CCC1CCCCN1C(C)C(=O)Nc1cccc(C#N)c1. The van der Waals surface area contributed by atoms with Gasteiger partial charge in [-0.2, -0.15) is 5.26 Å². The lowest BCUT2D eigenvalue weighted by atomic mass is 9.98. The highest BCUT2D eigenvalue weighted by Crippen LogP contribution is 2.22. The first-order valence-electron chi connectivity index (χ1n) is 7.72. The maximum Gasteiger partial charge on any atom is 0.241 e. The van der Waals surface area contributed by atoms with Crippen LogP contribution in [0.2, 0.25) is 0 Å². The molecule has 0 aliphatic carbocycles. The largest absolute Gasteiger partial charge is 0.325 e. The van der Waals surface area contributed by atoms with Crippen molar-refractivity contribution in [3.63, 3.8) is 0 Å². The Bertz CT molecular complexity index is 535. The number of nitriles is 1. The van der Waals surface area contributed by atoms with E-state index in [4.69, 9.17) is 5.26 Å². The van der Waals surface area contributed by atoms with E-state index in [1.165, 1.54) is 12.8 Å². The fourth-order valence-corrected chi connectivity index (χ4v) is 3.04. The number of likely N-dealkylation sites (tertiary alicyclic amines) is 1. The van der Waals surface area contributed by atoms with E-state index in [-0.39, 0.29) is 11.9 Å². The van der Waals surface area contributed by atoms with Gasteiger partial charge in [0.25, 0.3) is 0 Å². The molecule has 0 aromatic heterocycles. The highest BCUT2D eigenvalue weighted by Gasteiger charge is 2.29. The molecule has 4 nitrogen and oxygen atoms in total. The van der Waals surface area contributed by atoms with Gasteiger partial charge in [-0.3, -0.25) is 9.69 Å². The minimum absolute atomic E-state index is 0.00504. The van der Waals surface area contributed by atoms with Gasteiger partial charge in [0.05, 0.1) is 17.7 Å². The molecule has 1 amide bonds. The molecular formula is C17H23N3O. The molecule has 21 heavy (non-hydrogen) atoms. The van der Waals surface area contributed by atoms with Crippen LogP contribution in [0.4, 0.5) is 5.69 Å². The zero-order valence-electron chi connectivity index (χ0n) is 12.8. The van der Waals surface area contributed by atoms with Crippen molar-refractivity contribution in [2.24, 2.45) is 0 Å². The molecule has 4 heteroatoms. The van der Waals surface area contributed by atoms with Crippen molar-refractivity contribution in [2.75, 3.05) is 11.9 Å². The van der Waals surface area contributed by atoms with E-state index in [0.29, 0.717) is 17.3 Å². The van der Waals surface area contributed by atoms with E-state index in [2.05, 4.69) is 23.2 Å². The third-order valence-electron chi connectivity index (χ3n) is 4.28. The van der Waals surface area contributed by atoms with Gasteiger partial charge in [0.15, 0.2) is 0 Å². The molecule has 2 atom stereocenters. The molecule has 0 saturated carbocycles. The number of amides is 1. The van der Waals surface area contributed by atoms with E-state index in [1.807, 2.05) is 13.0 Å². The van der Waals surface area contributed by atoms with Gasteiger partial charge in [-0.25, -0.2) is 0 Å². The van der Waals surface area contributed by atoms with E-state index in [1.54, 1.807) is 18.2 Å². The number of rotatable bonds is 4. The van der Waals surface area contributed by atoms with Crippen molar-refractivity contribution in [2.45, 2.75) is 51.6 Å². The normalized spacial score (nSPS) is 20.5. The number of anilines is 1. The summed E-state index contributed by atoms with van der Waals surface area (Å²) in [5.74, 6) is 0.00504. The third kappa shape index (κ3) is 3.83. The Kier molecular flexibility index (Phi) is 5.35. The second-order valence-electron chi connectivity index (χ2n) is 5.65. The van der Waals surface area contributed by atoms with Crippen molar-refractivity contribution in [3.8, 4) is 6.07 Å². The van der Waals surface area contributed by atoms with Crippen LogP contribution < -0.4 is 5.32 Å². The predicted molar refractivity (Wildman–Crippen MR) is 83.9 cm³/mol. The molecule has 0 bridgehead atoms. The smallest absolute Gasteiger partial charge is 0.241 e. The van der Waals surface area contributed by atoms with Gasteiger partial charge in [0, 0.05) is 11.7 Å². The standard InChI is InChI=1S/C17H23N3O/c1-3-16-9-4-5-10-20(16)13(2)17(21)19-15-8-6-7-14(11-15)12-18/h6-8,11,13,16H,3-5,9-10H2,1-2H3,(H,19,21). The number of piperidine rings is 1. The summed E-state index contributed by atoms with van der Waals surface area (Å²) >= 11 is 0. The molecule has 1 N–H and O–H groups in total. The van der Waals surface area contributed by atoms with Crippen LogP contribution in [0.25, 0.3) is 0 Å². The van der Waals surface area contributed by atoms with E-state index in [0.717, 1.165) is 19.4 Å². The molecule has 1 fully saturated rings. The quantitative estimate of drug-likeness (QED) is 0.924. The second-order valence-corrected chi connectivity index (χ2v) is 5.65. The van der Waals surface area contributed by atoms with Gasteiger partial charge in [-0.05, 0) is 50.9 Å². The van der Waals surface area contributed by atoms with Gasteiger partial charge in [0.1, 0.15) is 0 Å². The van der Waals surface area contributed by atoms with Crippen LogP contribution in [0.5, 0.6) is 0 Å². The van der Waals surface area contributed by atoms with Crippen molar-refractivity contribution < 1.29 is 4.79 Å². The molecule has 1 aromatic carbocycles. The van der Waals surface area contributed by atoms with Crippen LogP contribution in [-0.4, -0.2) is 29.4 Å². The molecule has 2 rings (SSSR count). The summed E-state index contributed by atoms with van der Waals surface area (Å²) < 4.78 is 0. The van der Waals surface area contributed by atoms with Gasteiger partial charge >= 0.3 is 0 Å². The van der Waals surface area contributed by atoms with Crippen LogP contribution in [0.1, 0.15) is 45.1 Å². The van der Waals surface area contributed by atoms with Crippen molar-refractivity contribution in [1.82, 2.24) is 4.90 Å². The Hall–Kier alpha value is -1.86. The predicted octanol–water partition coefficient (Wildman–Crippen LogP) is 3.15. The zero-order chi connectivity index (χ0) is 15.2. The van der Waals surface area contributed by atoms with Crippen LogP contribution in [-0.2, 0) is 4.79 Å². The van der Waals surface area contributed by atoms with Gasteiger partial charge in [-0.1, -0.05) is 19.4 Å². The number of carbonyl (C=O) groups is 1. The monoisotopic (exact) mass is 285 g/mol. The molecule has 1 saturated heterocycles. The van der Waals surface area contributed by atoms with Gasteiger partial charge in [0.2, 0.25) is 5.91 Å². The number of nitrogens with zero attached hydrogens (tertiary/aromatic N) is 2. The van der Waals surface area contributed by atoms with E-state index in [9.17, 15) is 4.79 Å². The fourth-order valence-electron chi connectivity index (χ4n) is 3.04. The summed E-state index contributed by atoms with van der Waals surface area (Å²) in [6.45, 7) is 5.15. The van der Waals surface area contributed by atoms with Crippen LogP contribution in [0, 0.1) is 11.3 Å². The lowest BCUT2D eigenvalue weighted by molar-refractivity contribution is -0.122. The Labute approximate surface area is 126 Å². The molecule has 0 spiro atoms. The summed E-state index contributed by atoms with van der Waals surface area (Å²) in [7, 11) is 0. The molecule has 2 unspecified atom stereocenters. The Balaban J connectivity index is 2.03. The first kappa shape index (κ1) is 15.5. The van der Waals surface area contributed by atoms with Gasteiger partial charge in [-0.15, -0.1) is 0 Å². The zero-order valence-corrected chi connectivity index (χ0v) is 12.8. The number of hydrogen-bond acceptors (Lipinski definition) is 3. The highest BCUT2D eigenvalue weighted by atomic mass is 16.2. The molecular weight excluding hydrogens is 262 g/mol. The molecule has 0 radical (unpaired) electrons. The average Bonchev–Trinajstić information content (AvgIpc) is 2.54. The number of carbonyl (C=O) groups excluding carboxylic acids is 1. The average molecular weight is 285 g/mol. The minimum Gasteiger partial charge on any atom is -0.325 e. The van der Waals surface area contributed by atoms with Crippen molar-refractivity contribution in [1.29, 1.82) is 5.26 Å². The molecule has 1 aromatic rings. The number of nitrogens with one attached hydrogen (secondary N) is 1. The number of hydrogen-bond donors (Lipinski definition) is 1. The second kappa shape index (κ2) is 7.24. The maximum atomic E-state index is 12.4. The van der Waals surface area contributed by atoms with Crippen molar-refractivity contribution in [3.05, 3.63) is 29.8 Å². The summed E-state index contributed by atoms with van der Waals surface area (Å²) in [4.78, 5) is 14.7. The summed E-state index contributed by atoms with van der Waals surface area (Å²) in [5, 5.41) is 11.8. The van der Waals surface area contributed by atoms with Crippen LogP contribution in [0.15, 0.2) is 24.3 Å². The third-order valence-corrected chi connectivity index (χ3v) is 4.28. The van der Waals surface area contributed by atoms with Crippen molar-refractivity contribution >= 4 is 11.6 Å². The summed E-state index contributed by atoms with van der Waals surface area (Å²) in [6, 6.07) is 9.50. The highest BCUT2D eigenvalue weighted by molar-refractivity contribution is 5.94. The van der Waals surface area contributed by atoms with Crippen LogP contribution in [0.3, 0.4) is 0 Å². The first-order valence-corrected chi connectivity index (χ1v) is 7.72. The molecule has 1 aliphatic heterocycles. The van der Waals surface area contributed by atoms with E-state index < -0.39 is 0 Å². The maximum absolute atomic E-state index is 12.4. The molecule has 112 valence electrons. The molecule has 1 heterocycles. The Morgan fingerprint density at radius 1 is 1.52 bits per heavy atom. The minimum atomic E-state index is -0.138. The Morgan fingerprint density at radius 2 is 2.33 bits per heavy atom.